The van der Waals surface area contributed by atoms with Crippen LogP contribution in [0.3, 0.4) is 0 Å². The number of carbonyl (C=O) groups excluding carboxylic acids is 1. The average Bonchev–Trinajstić information content (AvgIpc) is 2.42. The third kappa shape index (κ3) is 5.55. The first-order chi connectivity index (χ1) is 9.19. The summed E-state index contributed by atoms with van der Waals surface area (Å²) in [4.78, 5) is 12.1. The SMILES string of the molecule is CCc1nnc(C)cc1C(=O)NCCCCCCCl. The van der Waals surface area contributed by atoms with Gasteiger partial charge in [-0.15, -0.1) is 11.6 Å². The van der Waals surface area contributed by atoms with E-state index in [0.717, 1.165) is 37.1 Å². The third-order valence-electron chi connectivity index (χ3n) is 2.92. The highest BCUT2D eigenvalue weighted by molar-refractivity contribution is 6.17. The van der Waals surface area contributed by atoms with Crippen molar-refractivity contribution in [3.63, 3.8) is 0 Å². The smallest absolute Gasteiger partial charge is 0.253 e. The zero-order chi connectivity index (χ0) is 14.1. The molecular weight excluding hydrogens is 262 g/mol. The van der Waals surface area contributed by atoms with Crippen LogP contribution in [-0.2, 0) is 6.42 Å². The van der Waals surface area contributed by atoms with Crippen LogP contribution in [0.1, 0.15) is 54.4 Å². The summed E-state index contributed by atoms with van der Waals surface area (Å²) in [7, 11) is 0. The van der Waals surface area contributed by atoms with E-state index in [0.29, 0.717) is 24.4 Å². The van der Waals surface area contributed by atoms with Crippen molar-refractivity contribution in [2.45, 2.75) is 46.0 Å². The average molecular weight is 284 g/mol. The Labute approximate surface area is 120 Å². The zero-order valence-electron chi connectivity index (χ0n) is 11.7. The van der Waals surface area contributed by atoms with Crippen LogP contribution in [0, 0.1) is 6.92 Å². The van der Waals surface area contributed by atoms with E-state index >= 15 is 0 Å². The molecule has 0 aliphatic rings. The molecule has 0 radical (unpaired) electrons. The van der Waals surface area contributed by atoms with Gasteiger partial charge in [0.1, 0.15) is 0 Å². The van der Waals surface area contributed by atoms with Crippen molar-refractivity contribution in [3.8, 4) is 0 Å². The Bertz CT molecular complexity index is 410. The summed E-state index contributed by atoms with van der Waals surface area (Å²) < 4.78 is 0. The molecule has 0 spiro atoms. The summed E-state index contributed by atoms with van der Waals surface area (Å²) in [6.45, 7) is 4.52. The predicted molar refractivity (Wildman–Crippen MR) is 77.7 cm³/mol. The van der Waals surface area contributed by atoms with Crippen molar-refractivity contribution < 1.29 is 4.79 Å². The number of aryl methyl sites for hydroxylation is 2. The lowest BCUT2D eigenvalue weighted by Gasteiger charge is -2.08. The Hall–Kier alpha value is -1.16. The highest BCUT2D eigenvalue weighted by Crippen LogP contribution is 2.07. The van der Waals surface area contributed by atoms with E-state index in [2.05, 4.69) is 15.5 Å². The number of halogens is 1. The van der Waals surface area contributed by atoms with Crippen LogP contribution in [0.5, 0.6) is 0 Å². The minimum absolute atomic E-state index is 0.0489. The van der Waals surface area contributed by atoms with Crippen molar-refractivity contribution in [3.05, 3.63) is 23.0 Å². The van der Waals surface area contributed by atoms with Crippen LogP contribution < -0.4 is 5.32 Å². The van der Waals surface area contributed by atoms with Gasteiger partial charge < -0.3 is 5.32 Å². The van der Waals surface area contributed by atoms with Gasteiger partial charge in [-0.3, -0.25) is 4.79 Å². The maximum atomic E-state index is 12.1. The second-order valence-electron chi connectivity index (χ2n) is 4.56. The molecule has 106 valence electrons. The third-order valence-corrected chi connectivity index (χ3v) is 3.19. The fraction of sp³-hybridized carbons (Fsp3) is 0.643. The minimum Gasteiger partial charge on any atom is -0.352 e. The van der Waals surface area contributed by atoms with E-state index in [1.54, 1.807) is 6.07 Å². The lowest BCUT2D eigenvalue weighted by atomic mass is 10.1. The molecule has 4 nitrogen and oxygen atoms in total. The minimum atomic E-state index is -0.0489. The van der Waals surface area contributed by atoms with Gasteiger partial charge in [-0.25, -0.2) is 0 Å². The van der Waals surface area contributed by atoms with Crippen LogP contribution in [0.4, 0.5) is 0 Å². The number of amides is 1. The molecule has 0 saturated carbocycles. The molecule has 19 heavy (non-hydrogen) atoms. The van der Waals surface area contributed by atoms with Gasteiger partial charge >= 0.3 is 0 Å². The Kier molecular flexibility index (Phi) is 7.41. The number of hydrogen-bond donors (Lipinski definition) is 1. The summed E-state index contributed by atoms with van der Waals surface area (Å²) in [6, 6.07) is 1.80. The summed E-state index contributed by atoms with van der Waals surface area (Å²) in [5.74, 6) is 0.668. The molecule has 0 aliphatic heterocycles. The van der Waals surface area contributed by atoms with Crippen LogP contribution >= 0.6 is 11.6 Å². The summed E-state index contributed by atoms with van der Waals surface area (Å²) >= 11 is 5.61. The first-order valence-corrected chi connectivity index (χ1v) is 7.39. The van der Waals surface area contributed by atoms with Gasteiger partial charge in [-0.2, -0.15) is 10.2 Å². The van der Waals surface area contributed by atoms with Crippen molar-refractivity contribution in [1.82, 2.24) is 15.5 Å². The molecule has 0 aliphatic carbocycles. The lowest BCUT2D eigenvalue weighted by molar-refractivity contribution is 0.0951. The van der Waals surface area contributed by atoms with Crippen molar-refractivity contribution in [2.24, 2.45) is 0 Å². The lowest BCUT2D eigenvalue weighted by Crippen LogP contribution is -2.26. The summed E-state index contributed by atoms with van der Waals surface area (Å²) in [6.07, 6.45) is 4.97. The van der Waals surface area contributed by atoms with E-state index in [1.165, 1.54) is 0 Å². The quantitative estimate of drug-likeness (QED) is 0.589. The Balaban J connectivity index is 2.43. The molecular formula is C14H22ClN3O. The van der Waals surface area contributed by atoms with E-state index in [1.807, 2.05) is 13.8 Å². The van der Waals surface area contributed by atoms with Crippen LogP contribution in [0.25, 0.3) is 0 Å². The predicted octanol–water partition coefficient (Wildman–Crippen LogP) is 2.88. The van der Waals surface area contributed by atoms with Gasteiger partial charge in [0.05, 0.1) is 17.0 Å². The Morgan fingerprint density at radius 1 is 1.26 bits per heavy atom. The fourth-order valence-corrected chi connectivity index (χ4v) is 2.03. The molecule has 1 aromatic rings. The molecule has 1 amide bonds. The molecule has 0 saturated heterocycles. The maximum absolute atomic E-state index is 12.1. The maximum Gasteiger partial charge on any atom is 0.253 e. The van der Waals surface area contributed by atoms with Gasteiger partial charge in [0, 0.05) is 12.4 Å². The van der Waals surface area contributed by atoms with Gasteiger partial charge in [-0.1, -0.05) is 19.8 Å². The second-order valence-corrected chi connectivity index (χ2v) is 4.94. The summed E-state index contributed by atoms with van der Waals surface area (Å²) in [5.41, 5.74) is 2.17. The van der Waals surface area contributed by atoms with E-state index in [4.69, 9.17) is 11.6 Å². The number of nitrogens with one attached hydrogen (secondary N) is 1. The highest BCUT2D eigenvalue weighted by atomic mass is 35.5. The number of aromatic nitrogens is 2. The Morgan fingerprint density at radius 3 is 2.68 bits per heavy atom. The van der Waals surface area contributed by atoms with Gasteiger partial charge in [-0.05, 0) is 32.3 Å². The van der Waals surface area contributed by atoms with Crippen molar-refractivity contribution in [2.75, 3.05) is 12.4 Å². The molecule has 0 atom stereocenters. The summed E-state index contributed by atoms with van der Waals surface area (Å²) in [5, 5.41) is 11.0. The molecule has 5 heteroatoms. The molecule has 1 heterocycles. The number of rotatable bonds is 8. The van der Waals surface area contributed by atoms with Gasteiger partial charge in [0.2, 0.25) is 0 Å². The number of carbonyl (C=O) groups is 1. The van der Waals surface area contributed by atoms with Crippen LogP contribution in [-0.4, -0.2) is 28.5 Å². The Morgan fingerprint density at radius 2 is 2.00 bits per heavy atom. The first-order valence-electron chi connectivity index (χ1n) is 6.86. The van der Waals surface area contributed by atoms with E-state index < -0.39 is 0 Å². The van der Waals surface area contributed by atoms with Crippen molar-refractivity contribution in [1.29, 1.82) is 0 Å². The van der Waals surface area contributed by atoms with Crippen LogP contribution in [0.2, 0.25) is 0 Å². The molecule has 0 bridgehead atoms. The van der Waals surface area contributed by atoms with E-state index in [-0.39, 0.29) is 5.91 Å². The topological polar surface area (TPSA) is 54.9 Å². The largest absolute Gasteiger partial charge is 0.352 e. The fourth-order valence-electron chi connectivity index (χ4n) is 1.84. The van der Waals surface area contributed by atoms with Crippen LogP contribution in [0.15, 0.2) is 6.07 Å². The monoisotopic (exact) mass is 283 g/mol. The highest BCUT2D eigenvalue weighted by Gasteiger charge is 2.12. The zero-order valence-corrected chi connectivity index (χ0v) is 12.5. The molecule has 0 unspecified atom stereocenters. The number of nitrogens with zero attached hydrogens (tertiary/aromatic N) is 2. The van der Waals surface area contributed by atoms with E-state index in [9.17, 15) is 4.79 Å². The normalized spacial score (nSPS) is 10.5. The molecule has 1 rings (SSSR count). The number of hydrogen-bond acceptors (Lipinski definition) is 3. The molecule has 1 aromatic heterocycles. The standard InChI is InChI=1S/C14H22ClN3O/c1-3-13-12(10-11(2)17-18-13)14(19)16-9-7-5-4-6-8-15/h10H,3-9H2,1-2H3,(H,16,19). The number of alkyl halides is 1. The second kappa shape index (κ2) is 8.86. The van der Waals surface area contributed by atoms with Gasteiger partial charge in [0.25, 0.3) is 5.91 Å². The first kappa shape index (κ1) is 15.9. The molecule has 0 aromatic carbocycles. The molecule has 0 fully saturated rings. The molecule has 1 N–H and O–H groups in total. The van der Waals surface area contributed by atoms with Crippen molar-refractivity contribution >= 4 is 17.5 Å². The van der Waals surface area contributed by atoms with Gasteiger partial charge in [0.15, 0.2) is 0 Å². The number of unbranched alkanes of at least 4 members (excludes halogenated alkanes) is 3.